The van der Waals surface area contributed by atoms with Crippen LogP contribution in [0.4, 0.5) is 0 Å². The molecule has 11 nitrogen and oxygen atoms in total. The smallest absolute Gasteiger partial charge is 0.327 e. The maximum atomic E-state index is 12.7. The molecule has 0 saturated heterocycles. The molecule has 32 heavy (non-hydrogen) atoms. The molecule has 12 heteroatoms. The molecule has 0 aliphatic carbocycles. The van der Waals surface area contributed by atoms with Crippen molar-refractivity contribution in [1.29, 1.82) is 0 Å². The topological polar surface area (TPSA) is 202 Å². The normalized spacial score (nSPS) is 13.7. The van der Waals surface area contributed by atoms with Crippen LogP contribution in [0.25, 0.3) is 10.9 Å². The van der Waals surface area contributed by atoms with Gasteiger partial charge < -0.3 is 37.9 Å². The zero-order chi connectivity index (χ0) is 23.7. The minimum atomic E-state index is -1.23. The van der Waals surface area contributed by atoms with Gasteiger partial charge in [0.25, 0.3) is 0 Å². The van der Waals surface area contributed by atoms with Crippen molar-refractivity contribution in [2.45, 2.75) is 37.4 Å². The Labute approximate surface area is 190 Å². The minimum Gasteiger partial charge on any atom is -0.480 e. The van der Waals surface area contributed by atoms with E-state index in [1.807, 2.05) is 24.3 Å². The number of thiol groups is 1. The van der Waals surface area contributed by atoms with Crippen molar-refractivity contribution >= 4 is 47.3 Å². The lowest BCUT2D eigenvalue weighted by Crippen LogP contribution is -2.55. The average molecular weight is 464 g/mol. The fraction of sp³-hybridized carbons (Fsp3) is 0.400. The zero-order valence-electron chi connectivity index (χ0n) is 17.5. The summed E-state index contributed by atoms with van der Waals surface area (Å²) in [5.74, 6) is -2.60. The number of aromatic nitrogens is 1. The predicted octanol–water partition coefficient (Wildman–Crippen LogP) is -0.925. The molecule has 0 aliphatic rings. The number of hydrogen-bond donors (Lipinski definition) is 8. The highest BCUT2D eigenvalue weighted by Crippen LogP contribution is 2.18. The molecule has 2 rings (SSSR count). The van der Waals surface area contributed by atoms with Gasteiger partial charge in [0, 0.05) is 29.4 Å². The number of fused-ring (bicyclic) bond motifs is 1. The molecule has 0 bridgehead atoms. The number of aliphatic carboxylic acids is 1. The van der Waals surface area contributed by atoms with Gasteiger partial charge in [-0.3, -0.25) is 14.6 Å². The second-order valence-corrected chi connectivity index (χ2v) is 7.63. The number of aromatic amines is 1. The molecule has 0 spiro atoms. The average Bonchev–Trinajstić information content (AvgIpc) is 3.16. The van der Waals surface area contributed by atoms with Crippen molar-refractivity contribution in [2.24, 2.45) is 22.2 Å². The Kier molecular flexibility index (Phi) is 9.35. The molecule has 2 aromatic rings. The summed E-state index contributed by atoms with van der Waals surface area (Å²) in [6.45, 7) is 0.248. The summed E-state index contributed by atoms with van der Waals surface area (Å²) >= 11 is 3.94. The molecule has 10 N–H and O–H groups in total. The highest BCUT2D eigenvalue weighted by molar-refractivity contribution is 7.80. The molecule has 174 valence electrons. The number of guanidine groups is 1. The van der Waals surface area contributed by atoms with Crippen LogP contribution in [0.2, 0.25) is 0 Å². The third-order valence-electron chi connectivity index (χ3n) is 4.83. The Balaban J connectivity index is 2.06. The van der Waals surface area contributed by atoms with E-state index in [2.05, 4.69) is 33.2 Å². The highest BCUT2D eigenvalue weighted by atomic mass is 32.1. The fourth-order valence-electron chi connectivity index (χ4n) is 3.14. The number of benzene rings is 1. The summed E-state index contributed by atoms with van der Waals surface area (Å²) in [5.41, 5.74) is 18.5. The van der Waals surface area contributed by atoms with Crippen LogP contribution < -0.4 is 27.8 Å². The Morgan fingerprint density at radius 3 is 2.47 bits per heavy atom. The number of nitrogens with two attached hydrogens (primary N) is 3. The molecule has 0 aliphatic heterocycles. The van der Waals surface area contributed by atoms with Gasteiger partial charge >= 0.3 is 5.97 Å². The van der Waals surface area contributed by atoms with Crippen LogP contribution in [-0.2, 0) is 20.8 Å². The summed E-state index contributed by atoms with van der Waals surface area (Å²) in [5, 5.41) is 15.1. The van der Waals surface area contributed by atoms with Crippen LogP contribution in [0.1, 0.15) is 18.4 Å². The molecule has 3 atom stereocenters. The van der Waals surface area contributed by atoms with Gasteiger partial charge in [0.2, 0.25) is 11.8 Å². The third kappa shape index (κ3) is 7.17. The maximum Gasteiger partial charge on any atom is 0.327 e. The van der Waals surface area contributed by atoms with E-state index in [4.69, 9.17) is 22.3 Å². The maximum absolute atomic E-state index is 12.7. The lowest BCUT2D eigenvalue weighted by Gasteiger charge is -2.22. The van der Waals surface area contributed by atoms with Crippen LogP contribution in [0.5, 0.6) is 0 Å². The highest BCUT2D eigenvalue weighted by Gasteiger charge is 2.27. The van der Waals surface area contributed by atoms with Gasteiger partial charge in [-0.05, 0) is 30.9 Å². The fourth-order valence-corrected chi connectivity index (χ4v) is 3.39. The molecule has 0 radical (unpaired) electrons. The molecule has 1 heterocycles. The first-order valence-corrected chi connectivity index (χ1v) is 10.7. The summed E-state index contributed by atoms with van der Waals surface area (Å²) in [7, 11) is 0. The lowest BCUT2D eigenvalue weighted by molar-refractivity contribution is -0.141. The van der Waals surface area contributed by atoms with Crippen LogP contribution in [0.15, 0.2) is 35.5 Å². The van der Waals surface area contributed by atoms with E-state index in [-0.39, 0.29) is 31.1 Å². The van der Waals surface area contributed by atoms with Crippen molar-refractivity contribution in [1.82, 2.24) is 15.6 Å². The van der Waals surface area contributed by atoms with Crippen molar-refractivity contribution in [3.05, 3.63) is 36.0 Å². The summed E-state index contributed by atoms with van der Waals surface area (Å²) < 4.78 is 0. The standard InChI is InChI=1S/C20H29N7O4S/c21-13(8-11-9-25-14-5-2-1-4-12(11)14)17(28)26-15(6-3-7-24-20(22)23)18(29)27-16(10-32)19(30)31/h1-2,4-5,9,13,15-16,25,32H,3,6-8,10,21H2,(H,26,28)(H,27,29)(H,30,31)(H4,22,23,24). The first-order chi connectivity index (χ1) is 15.2. The minimum absolute atomic E-state index is 0.0863. The van der Waals surface area contributed by atoms with Gasteiger partial charge in [-0.25, -0.2) is 4.79 Å². The number of aliphatic imine (C=N–C) groups is 1. The Hall–Kier alpha value is -3.25. The molecule has 3 unspecified atom stereocenters. The van der Waals surface area contributed by atoms with Crippen molar-refractivity contribution < 1.29 is 19.5 Å². The van der Waals surface area contributed by atoms with E-state index in [1.165, 1.54) is 0 Å². The van der Waals surface area contributed by atoms with Crippen LogP contribution >= 0.6 is 12.6 Å². The van der Waals surface area contributed by atoms with Gasteiger partial charge in [-0.1, -0.05) is 18.2 Å². The van der Waals surface area contributed by atoms with Gasteiger partial charge in [0.15, 0.2) is 5.96 Å². The second kappa shape index (κ2) is 12.0. The van der Waals surface area contributed by atoms with Gasteiger partial charge in [0.05, 0.1) is 6.04 Å². The van der Waals surface area contributed by atoms with Crippen molar-refractivity contribution in [2.75, 3.05) is 12.3 Å². The number of carboxylic acids is 1. The number of H-pyrrole nitrogens is 1. The summed E-state index contributed by atoms with van der Waals surface area (Å²) in [6, 6.07) is 4.52. The number of carboxylic acid groups (broad SMARTS) is 1. The molecule has 0 saturated carbocycles. The Morgan fingerprint density at radius 1 is 1.12 bits per heavy atom. The quantitative estimate of drug-likeness (QED) is 0.0859. The van der Waals surface area contributed by atoms with E-state index >= 15 is 0 Å². The summed E-state index contributed by atoms with van der Waals surface area (Å²) in [4.78, 5) is 43.6. The van der Waals surface area contributed by atoms with E-state index in [0.29, 0.717) is 6.42 Å². The van der Waals surface area contributed by atoms with E-state index in [9.17, 15) is 14.4 Å². The third-order valence-corrected chi connectivity index (χ3v) is 5.19. The van der Waals surface area contributed by atoms with Crippen LogP contribution in [0.3, 0.4) is 0 Å². The number of nitrogens with zero attached hydrogens (tertiary/aromatic N) is 1. The number of rotatable bonds is 12. The monoisotopic (exact) mass is 463 g/mol. The second-order valence-electron chi connectivity index (χ2n) is 7.26. The first-order valence-electron chi connectivity index (χ1n) is 10.0. The Morgan fingerprint density at radius 2 is 1.81 bits per heavy atom. The van der Waals surface area contributed by atoms with Gasteiger partial charge in [0.1, 0.15) is 12.1 Å². The number of nitrogens with one attached hydrogen (secondary N) is 3. The molecule has 0 fully saturated rings. The van der Waals surface area contributed by atoms with E-state index in [1.54, 1.807) is 6.20 Å². The number of amides is 2. The number of para-hydroxylation sites is 1. The molecule has 1 aromatic heterocycles. The van der Waals surface area contributed by atoms with Gasteiger partial charge in [-0.2, -0.15) is 12.6 Å². The first kappa shape index (κ1) is 25.0. The zero-order valence-corrected chi connectivity index (χ0v) is 18.3. The van der Waals surface area contributed by atoms with Crippen LogP contribution in [-0.4, -0.2) is 64.3 Å². The SMILES string of the molecule is NC(N)=NCCCC(NC(=O)C(N)Cc1c[nH]c2ccccc12)C(=O)NC(CS)C(=O)O. The van der Waals surface area contributed by atoms with E-state index in [0.717, 1.165) is 16.5 Å². The molecular weight excluding hydrogens is 434 g/mol. The number of carbonyl (C=O) groups excluding carboxylic acids is 2. The molecule has 1 aromatic carbocycles. The lowest BCUT2D eigenvalue weighted by atomic mass is 10.0. The van der Waals surface area contributed by atoms with Crippen LogP contribution in [0, 0.1) is 0 Å². The van der Waals surface area contributed by atoms with Crippen molar-refractivity contribution in [3.63, 3.8) is 0 Å². The molecular formula is C20H29N7O4S. The van der Waals surface area contributed by atoms with E-state index < -0.39 is 35.9 Å². The summed E-state index contributed by atoms with van der Waals surface area (Å²) in [6.07, 6.45) is 2.62. The number of carbonyl (C=O) groups is 3. The Bertz CT molecular complexity index is 974. The van der Waals surface area contributed by atoms with Crippen molar-refractivity contribution in [3.8, 4) is 0 Å². The number of hydrogen-bond acceptors (Lipinski definition) is 6. The van der Waals surface area contributed by atoms with Gasteiger partial charge in [-0.15, -0.1) is 0 Å². The largest absolute Gasteiger partial charge is 0.480 e. The predicted molar refractivity (Wildman–Crippen MR) is 125 cm³/mol. The molecule has 2 amide bonds.